The second-order valence-corrected chi connectivity index (χ2v) is 13.0. The molecule has 2 aromatic carbocycles. The lowest BCUT2D eigenvalue weighted by Gasteiger charge is -2.37. The van der Waals surface area contributed by atoms with Crippen molar-refractivity contribution in [1.82, 2.24) is 4.31 Å². The van der Waals surface area contributed by atoms with Gasteiger partial charge >= 0.3 is 0 Å². The third-order valence-electron chi connectivity index (χ3n) is 6.35. The number of rotatable bonds is 5. The molecule has 4 rings (SSSR count). The minimum atomic E-state index is -3.65. The Hall–Kier alpha value is -1.97. The fourth-order valence-corrected chi connectivity index (χ4v) is 8.06. The van der Waals surface area contributed by atoms with Crippen LogP contribution < -0.4 is 4.74 Å². The molecule has 0 N–H and O–H groups in total. The Morgan fingerprint density at radius 1 is 0.969 bits per heavy atom. The van der Waals surface area contributed by atoms with Crippen LogP contribution in [-0.2, 0) is 26.4 Å². The Kier molecular flexibility index (Phi) is 6.61. The smallest absolute Gasteiger partial charge is 0.221 e. The van der Waals surface area contributed by atoms with Crippen LogP contribution in [-0.4, -0.2) is 44.8 Å². The highest BCUT2D eigenvalue weighted by molar-refractivity contribution is 7.91. The molecule has 2 saturated heterocycles. The number of hydrogen-bond donors (Lipinski definition) is 0. The summed E-state index contributed by atoms with van der Waals surface area (Å²) in [4.78, 5) is 0. The molecule has 2 aliphatic heterocycles. The molecule has 174 valence electrons. The van der Waals surface area contributed by atoms with Crippen LogP contribution in [0.25, 0.3) is 0 Å². The standard InChI is InChI=1S/C23H28FNO5S2/c1-17-7-10-23(18-5-3-2-4-6-18)32(28,29)25(17)16-19-8-9-21(15-22(19)24)30-20-11-13-31(26,27)14-12-20/h2-6,8-9,15,17,20,23H,7,10-14,16H2,1H3/t17-,23?/m0/s1. The average molecular weight is 482 g/mol. The summed E-state index contributed by atoms with van der Waals surface area (Å²) in [5.41, 5.74) is 1.04. The number of nitrogens with zero attached hydrogens (tertiary/aromatic N) is 1. The van der Waals surface area contributed by atoms with Crippen molar-refractivity contribution in [2.24, 2.45) is 0 Å². The molecule has 0 aromatic heterocycles. The van der Waals surface area contributed by atoms with Gasteiger partial charge in [-0.1, -0.05) is 36.4 Å². The van der Waals surface area contributed by atoms with E-state index in [1.807, 2.05) is 37.3 Å². The van der Waals surface area contributed by atoms with Crippen molar-refractivity contribution in [2.45, 2.75) is 56.5 Å². The highest BCUT2D eigenvalue weighted by atomic mass is 32.2. The van der Waals surface area contributed by atoms with Crippen LogP contribution in [0.5, 0.6) is 5.75 Å². The van der Waals surface area contributed by atoms with Crippen molar-refractivity contribution >= 4 is 19.9 Å². The molecule has 2 heterocycles. The fourth-order valence-electron chi connectivity index (χ4n) is 4.43. The van der Waals surface area contributed by atoms with E-state index in [4.69, 9.17) is 4.74 Å². The molecule has 2 atom stereocenters. The van der Waals surface area contributed by atoms with Crippen molar-refractivity contribution in [3.63, 3.8) is 0 Å². The third-order valence-corrected chi connectivity index (χ3v) is 10.4. The lowest BCUT2D eigenvalue weighted by molar-refractivity contribution is 0.189. The summed E-state index contributed by atoms with van der Waals surface area (Å²) in [6.45, 7) is 1.81. The van der Waals surface area contributed by atoms with E-state index in [2.05, 4.69) is 0 Å². The van der Waals surface area contributed by atoms with Gasteiger partial charge < -0.3 is 4.74 Å². The summed E-state index contributed by atoms with van der Waals surface area (Å²) in [7, 11) is -6.64. The number of benzene rings is 2. The zero-order valence-corrected chi connectivity index (χ0v) is 19.6. The predicted octanol–water partition coefficient (Wildman–Crippen LogP) is 3.84. The highest BCUT2D eigenvalue weighted by Crippen LogP contribution is 2.38. The molecular weight excluding hydrogens is 453 g/mol. The Balaban J connectivity index is 1.49. The number of sulfone groups is 1. The van der Waals surface area contributed by atoms with Gasteiger partial charge in [-0.15, -0.1) is 0 Å². The lowest BCUT2D eigenvalue weighted by Crippen LogP contribution is -2.44. The molecule has 2 fully saturated rings. The zero-order chi connectivity index (χ0) is 22.9. The van der Waals surface area contributed by atoms with Gasteiger partial charge in [0.15, 0.2) is 9.84 Å². The Morgan fingerprint density at radius 2 is 1.66 bits per heavy atom. The summed E-state index contributed by atoms with van der Waals surface area (Å²) in [6, 6.07) is 13.4. The van der Waals surface area contributed by atoms with Gasteiger partial charge in [-0.3, -0.25) is 0 Å². The number of sulfonamides is 1. The van der Waals surface area contributed by atoms with Gasteiger partial charge in [-0.25, -0.2) is 21.2 Å². The topological polar surface area (TPSA) is 80.8 Å². The monoisotopic (exact) mass is 481 g/mol. The van der Waals surface area contributed by atoms with Crippen LogP contribution in [0, 0.1) is 5.82 Å². The average Bonchev–Trinajstić information content (AvgIpc) is 2.74. The molecule has 0 amide bonds. The Morgan fingerprint density at radius 3 is 2.31 bits per heavy atom. The molecule has 1 unspecified atom stereocenters. The van der Waals surface area contributed by atoms with Crippen molar-refractivity contribution in [1.29, 1.82) is 0 Å². The van der Waals surface area contributed by atoms with E-state index >= 15 is 0 Å². The molecule has 9 heteroatoms. The minimum Gasteiger partial charge on any atom is -0.490 e. The second kappa shape index (κ2) is 9.11. The highest BCUT2D eigenvalue weighted by Gasteiger charge is 2.40. The first-order valence-electron chi connectivity index (χ1n) is 10.9. The summed E-state index contributed by atoms with van der Waals surface area (Å²) in [5.74, 6) is -0.0562. The maximum Gasteiger partial charge on any atom is 0.221 e. The molecule has 0 spiro atoms. The predicted molar refractivity (Wildman–Crippen MR) is 121 cm³/mol. The van der Waals surface area contributed by atoms with E-state index in [-0.39, 0.29) is 35.8 Å². The molecule has 2 aliphatic rings. The first kappa shape index (κ1) is 23.2. The van der Waals surface area contributed by atoms with Gasteiger partial charge in [-0.05, 0) is 44.2 Å². The Labute approximate surface area is 189 Å². The van der Waals surface area contributed by atoms with E-state index in [0.717, 1.165) is 5.56 Å². The minimum absolute atomic E-state index is 0.0411. The SMILES string of the molecule is C[C@H]1CCC(c2ccccc2)S(=O)(=O)N1Cc1ccc(OC2CCS(=O)(=O)CC2)cc1F. The van der Waals surface area contributed by atoms with Crippen molar-refractivity contribution in [3.05, 3.63) is 65.5 Å². The van der Waals surface area contributed by atoms with Crippen LogP contribution in [0.1, 0.15) is 49.0 Å². The molecule has 0 aliphatic carbocycles. The second-order valence-electron chi connectivity index (χ2n) is 8.64. The lowest BCUT2D eigenvalue weighted by atomic mass is 10.0. The van der Waals surface area contributed by atoms with Gasteiger partial charge in [0, 0.05) is 24.2 Å². The van der Waals surface area contributed by atoms with Crippen LogP contribution in [0.15, 0.2) is 48.5 Å². The molecule has 32 heavy (non-hydrogen) atoms. The van der Waals surface area contributed by atoms with E-state index < -0.39 is 30.9 Å². The van der Waals surface area contributed by atoms with Crippen LogP contribution >= 0.6 is 0 Å². The maximum absolute atomic E-state index is 14.9. The number of ether oxygens (including phenoxy) is 1. The van der Waals surface area contributed by atoms with E-state index in [1.165, 1.54) is 10.4 Å². The molecule has 2 aromatic rings. The molecule has 0 bridgehead atoms. The van der Waals surface area contributed by atoms with Gasteiger partial charge in [0.2, 0.25) is 10.0 Å². The first-order valence-corrected chi connectivity index (χ1v) is 14.2. The Bertz CT molecular complexity index is 1150. The maximum atomic E-state index is 14.9. The van der Waals surface area contributed by atoms with Crippen molar-refractivity contribution in [3.8, 4) is 5.75 Å². The van der Waals surface area contributed by atoms with E-state index in [0.29, 0.717) is 31.4 Å². The summed E-state index contributed by atoms with van der Waals surface area (Å²) >= 11 is 0. The van der Waals surface area contributed by atoms with Crippen LogP contribution in [0.2, 0.25) is 0 Å². The van der Waals surface area contributed by atoms with Gasteiger partial charge in [0.05, 0.1) is 11.5 Å². The third kappa shape index (κ3) is 5.00. The quantitative estimate of drug-likeness (QED) is 0.648. The van der Waals surface area contributed by atoms with Gasteiger partial charge in [0.1, 0.15) is 22.9 Å². The number of hydrogen-bond acceptors (Lipinski definition) is 5. The van der Waals surface area contributed by atoms with Crippen molar-refractivity contribution < 1.29 is 26.0 Å². The number of halogens is 1. The summed E-state index contributed by atoms with van der Waals surface area (Å²) in [6.07, 6.45) is 1.74. The van der Waals surface area contributed by atoms with Crippen LogP contribution in [0.4, 0.5) is 4.39 Å². The van der Waals surface area contributed by atoms with E-state index in [9.17, 15) is 21.2 Å². The first-order chi connectivity index (χ1) is 15.2. The molecule has 6 nitrogen and oxygen atoms in total. The molecule has 0 radical (unpaired) electrons. The summed E-state index contributed by atoms with van der Waals surface area (Å²) < 4.78 is 71.9. The largest absolute Gasteiger partial charge is 0.490 e. The van der Waals surface area contributed by atoms with Crippen LogP contribution in [0.3, 0.4) is 0 Å². The summed E-state index contributed by atoms with van der Waals surface area (Å²) in [5, 5.41) is -0.631. The van der Waals surface area contributed by atoms with Gasteiger partial charge in [-0.2, -0.15) is 4.31 Å². The van der Waals surface area contributed by atoms with Gasteiger partial charge in [0.25, 0.3) is 0 Å². The normalized spacial score (nSPS) is 25.9. The van der Waals surface area contributed by atoms with Crippen molar-refractivity contribution in [2.75, 3.05) is 11.5 Å². The fraction of sp³-hybridized carbons (Fsp3) is 0.478. The molecular formula is C23H28FNO5S2. The zero-order valence-electron chi connectivity index (χ0n) is 18.0. The molecule has 0 saturated carbocycles. The van der Waals surface area contributed by atoms with E-state index in [1.54, 1.807) is 12.1 Å².